The van der Waals surface area contributed by atoms with Crippen LogP contribution in [0, 0.1) is 0 Å². The van der Waals surface area contributed by atoms with Crippen LogP contribution in [0.25, 0.3) is 0 Å². The van der Waals surface area contributed by atoms with E-state index < -0.39 is 0 Å². The molecule has 1 amide bonds. The SMILES string of the molecule is CC1=C\C=CC/C=C/S/N=C\1N1CCN(CCc2cc3c4c(c2)C(C)(C)CC(=O)N4CC3)CC1. The van der Waals surface area contributed by atoms with Crippen molar-refractivity contribution in [3.8, 4) is 0 Å². The lowest BCUT2D eigenvalue weighted by atomic mass is 9.76. The molecule has 0 unspecified atom stereocenters. The molecule has 0 aliphatic carbocycles. The van der Waals surface area contributed by atoms with Gasteiger partial charge in [-0.15, -0.1) is 0 Å². The van der Waals surface area contributed by atoms with E-state index in [2.05, 4.69) is 72.4 Å². The van der Waals surface area contributed by atoms with Crippen LogP contribution in [0.3, 0.4) is 0 Å². The summed E-state index contributed by atoms with van der Waals surface area (Å²) in [6.45, 7) is 12.7. The van der Waals surface area contributed by atoms with Gasteiger partial charge in [0.1, 0.15) is 5.84 Å². The predicted octanol–water partition coefficient (Wildman–Crippen LogP) is 4.88. The first-order valence-corrected chi connectivity index (χ1v) is 13.4. The van der Waals surface area contributed by atoms with Gasteiger partial charge in [-0.2, -0.15) is 4.40 Å². The highest BCUT2D eigenvalue weighted by atomic mass is 32.2. The molecule has 1 aromatic rings. The molecule has 0 saturated carbocycles. The van der Waals surface area contributed by atoms with E-state index in [-0.39, 0.29) is 11.3 Å². The highest BCUT2D eigenvalue weighted by Crippen LogP contribution is 2.45. The second kappa shape index (κ2) is 9.74. The summed E-state index contributed by atoms with van der Waals surface area (Å²) < 4.78 is 4.81. The maximum atomic E-state index is 12.6. The minimum Gasteiger partial charge on any atom is -0.353 e. The fourth-order valence-corrected chi connectivity index (χ4v) is 6.18. The molecule has 5 rings (SSSR count). The molecule has 4 aliphatic heterocycles. The monoisotopic (exact) mass is 476 g/mol. The fourth-order valence-electron chi connectivity index (χ4n) is 5.56. The number of rotatable bonds is 3. The number of anilines is 1. The van der Waals surface area contributed by atoms with Gasteiger partial charge >= 0.3 is 0 Å². The molecule has 1 aromatic carbocycles. The summed E-state index contributed by atoms with van der Waals surface area (Å²) >= 11 is 1.54. The highest BCUT2D eigenvalue weighted by molar-refractivity contribution is 8.01. The van der Waals surface area contributed by atoms with Crippen LogP contribution in [0.4, 0.5) is 5.69 Å². The van der Waals surface area contributed by atoms with Crippen molar-refractivity contribution in [1.82, 2.24) is 9.80 Å². The van der Waals surface area contributed by atoms with Crippen LogP contribution >= 0.6 is 11.9 Å². The summed E-state index contributed by atoms with van der Waals surface area (Å²) in [5.41, 5.74) is 6.54. The lowest BCUT2D eigenvalue weighted by Crippen LogP contribution is -2.49. The van der Waals surface area contributed by atoms with E-state index in [1.807, 2.05) is 4.90 Å². The molecule has 0 radical (unpaired) electrons. The van der Waals surface area contributed by atoms with Crippen molar-refractivity contribution < 1.29 is 4.79 Å². The van der Waals surface area contributed by atoms with Gasteiger partial charge in [0.25, 0.3) is 0 Å². The quantitative estimate of drug-likeness (QED) is 0.583. The molecule has 5 nitrogen and oxygen atoms in total. The van der Waals surface area contributed by atoms with Crippen molar-refractivity contribution in [3.63, 3.8) is 0 Å². The van der Waals surface area contributed by atoms with Gasteiger partial charge in [-0.25, -0.2) is 0 Å². The normalized spacial score (nSPS) is 26.5. The van der Waals surface area contributed by atoms with Crippen LogP contribution in [0.1, 0.15) is 50.3 Å². The third-order valence-corrected chi connectivity index (χ3v) is 8.13. The highest BCUT2D eigenvalue weighted by Gasteiger charge is 2.40. The van der Waals surface area contributed by atoms with Crippen LogP contribution < -0.4 is 4.90 Å². The van der Waals surface area contributed by atoms with Crippen LogP contribution in [-0.4, -0.2) is 60.8 Å². The van der Waals surface area contributed by atoms with Crippen LogP contribution in [0.2, 0.25) is 0 Å². The molecule has 6 heteroatoms. The van der Waals surface area contributed by atoms with Crippen molar-refractivity contribution in [1.29, 1.82) is 0 Å². The lowest BCUT2D eigenvalue weighted by molar-refractivity contribution is -0.120. The average Bonchev–Trinajstić information content (AvgIpc) is 3.25. The number of carbonyl (C=O) groups is 1. The molecule has 4 heterocycles. The van der Waals surface area contributed by atoms with Crippen LogP contribution in [-0.2, 0) is 23.1 Å². The lowest BCUT2D eigenvalue weighted by Gasteiger charge is -2.38. The van der Waals surface area contributed by atoms with Gasteiger partial charge in [-0.1, -0.05) is 50.3 Å². The molecule has 1 fully saturated rings. The van der Waals surface area contributed by atoms with Gasteiger partial charge in [0, 0.05) is 63.1 Å². The largest absolute Gasteiger partial charge is 0.353 e. The Hall–Kier alpha value is -2.31. The summed E-state index contributed by atoms with van der Waals surface area (Å²) in [6, 6.07) is 4.76. The first-order valence-electron chi connectivity index (χ1n) is 12.6. The minimum absolute atomic E-state index is 0.0758. The summed E-state index contributed by atoms with van der Waals surface area (Å²) in [5.74, 6) is 1.40. The maximum Gasteiger partial charge on any atom is 0.227 e. The van der Waals surface area contributed by atoms with Gasteiger partial charge in [-0.05, 0) is 53.9 Å². The molecular weight excluding hydrogens is 440 g/mol. The molecule has 1 saturated heterocycles. The summed E-state index contributed by atoms with van der Waals surface area (Å²) in [7, 11) is 0. The standard InChI is InChI=1S/C28H36N4OS/c1-21-8-6-4-5-7-17-34-29-27(21)31-15-13-30(14-16-31)11-9-22-18-23-10-12-32-25(33)20-28(2,3)24(19-22)26(23)32/h4,6-8,17-19H,5,9-16,20H2,1-3H3/b6-4?,17-7+,21-8+,29-27+. The molecule has 0 atom stereocenters. The average molecular weight is 477 g/mol. The Morgan fingerprint density at radius 1 is 1.09 bits per heavy atom. The number of nitrogens with zero attached hydrogens (tertiary/aromatic N) is 4. The van der Waals surface area contributed by atoms with Crippen molar-refractivity contribution in [2.45, 2.75) is 51.9 Å². The van der Waals surface area contributed by atoms with E-state index >= 15 is 0 Å². The topological polar surface area (TPSA) is 39.1 Å². The maximum absolute atomic E-state index is 12.6. The van der Waals surface area contributed by atoms with Gasteiger partial charge < -0.3 is 9.80 Å². The number of amides is 1. The van der Waals surface area contributed by atoms with E-state index in [9.17, 15) is 4.79 Å². The van der Waals surface area contributed by atoms with Crippen molar-refractivity contribution in [3.05, 3.63) is 64.1 Å². The third-order valence-electron chi connectivity index (χ3n) is 7.54. The number of piperazine rings is 1. The molecule has 180 valence electrons. The van der Waals surface area contributed by atoms with Crippen molar-refractivity contribution in [2.75, 3.05) is 44.2 Å². The second-order valence-corrected chi connectivity index (χ2v) is 11.2. The van der Waals surface area contributed by atoms with Gasteiger partial charge in [0.05, 0.1) is 5.69 Å². The first kappa shape index (κ1) is 23.4. The van der Waals surface area contributed by atoms with Crippen LogP contribution in [0.5, 0.6) is 0 Å². The number of hydrogen-bond acceptors (Lipinski definition) is 5. The van der Waals surface area contributed by atoms with Crippen LogP contribution in [0.15, 0.2) is 51.8 Å². The van der Waals surface area contributed by atoms with E-state index in [1.165, 1.54) is 39.9 Å². The van der Waals surface area contributed by atoms with Gasteiger partial charge in [0.15, 0.2) is 0 Å². The zero-order valence-electron chi connectivity index (χ0n) is 20.7. The summed E-state index contributed by atoms with van der Waals surface area (Å²) in [4.78, 5) is 19.6. The minimum atomic E-state index is -0.0758. The van der Waals surface area contributed by atoms with E-state index in [0.717, 1.165) is 64.4 Å². The molecule has 0 aromatic heterocycles. The molecule has 4 aliphatic rings. The third kappa shape index (κ3) is 4.76. The van der Waals surface area contributed by atoms with E-state index in [1.54, 1.807) is 0 Å². The Morgan fingerprint density at radius 3 is 2.74 bits per heavy atom. The zero-order valence-corrected chi connectivity index (χ0v) is 21.5. The summed E-state index contributed by atoms with van der Waals surface area (Å²) in [6.07, 6.45) is 12.3. The fraction of sp³-hybridized carbons (Fsp3) is 0.500. The molecule has 0 spiro atoms. The van der Waals surface area contributed by atoms with Gasteiger partial charge in [0.2, 0.25) is 5.91 Å². The van der Waals surface area contributed by atoms with Crippen molar-refractivity contribution >= 4 is 29.4 Å². The number of allylic oxidation sites excluding steroid dienone is 4. The first-order chi connectivity index (χ1) is 16.4. The Morgan fingerprint density at radius 2 is 1.91 bits per heavy atom. The smallest absolute Gasteiger partial charge is 0.227 e. The van der Waals surface area contributed by atoms with Crippen molar-refractivity contribution in [2.24, 2.45) is 4.40 Å². The second-order valence-electron chi connectivity index (χ2n) is 10.5. The molecule has 0 N–H and O–H groups in total. The molecular formula is C28H36N4OS. The Bertz CT molecular complexity index is 1080. The number of carbonyl (C=O) groups excluding carboxylic acids is 1. The molecule has 0 bridgehead atoms. The summed E-state index contributed by atoms with van der Waals surface area (Å²) in [5, 5.41) is 2.08. The van der Waals surface area contributed by atoms with Gasteiger partial charge in [-0.3, -0.25) is 9.69 Å². The Balaban J connectivity index is 1.22. The van der Waals surface area contributed by atoms with E-state index in [4.69, 9.17) is 4.40 Å². The zero-order chi connectivity index (χ0) is 23.7. The molecule has 34 heavy (non-hydrogen) atoms. The van der Waals surface area contributed by atoms with E-state index in [0.29, 0.717) is 6.42 Å². The number of hydrogen-bond donors (Lipinski definition) is 0. The Labute approximate surface area is 208 Å². The number of benzene rings is 1. The number of amidine groups is 1. The predicted molar refractivity (Wildman–Crippen MR) is 144 cm³/mol. The Kier molecular flexibility index (Phi) is 6.72.